The summed E-state index contributed by atoms with van der Waals surface area (Å²) in [4.78, 5) is 8.70. The summed E-state index contributed by atoms with van der Waals surface area (Å²) in [5.74, 6) is 1.42. The van der Waals surface area contributed by atoms with Crippen molar-refractivity contribution in [3.05, 3.63) is 47.7 Å². The molecule has 0 atom stereocenters. The summed E-state index contributed by atoms with van der Waals surface area (Å²) in [5, 5.41) is 13.1. The fourth-order valence-corrected chi connectivity index (χ4v) is 3.32. The molecule has 27 heavy (non-hydrogen) atoms. The summed E-state index contributed by atoms with van der Waals surface area (Å²) in [7, 11) is 1.53. The summed E-state index contributed by atoms with van der Waals surface area (Å²) in [5.41, 5.74) is 5.38. The van der Waals surface area contributed by atoms with Gasteiger partial charge in [-0.1, -0.05) is 24.9 Å². The van der Waals surface area contributed by atoms with E-state index in [1.54, 1.807) is 18.1 Å². The number of nitriles is 1. The molecule has 3 aromatic rings. The van der Waals surface area contributed by atoms with Crippen molar-refractivity contribution >= 4 is 40.0 Å². The summed E-state index contributed by atoms with van der Waals surface area (Å²) in [6, 6.07) is 12.0. The van der Waals surface area contributed by atoms with E-state index in [4.69, 9.17) is 4.74 Å². The molecule has 138 valence electrons. The first-order chi connectivity index (χ1) is 13.2. The minimum absolute atomic E-state index is 0.381. The number of benzene rings is 2. The quantitative estimate of drug-likeness (QED) is 0.440. The number of aromatic nitrogens is 2. The lowest BCUT2D eigenvalue weighted by Crippen LogP contribution is -2.01. The second-order valence-corrected chi connectivity index (χ2v) is 6.83. The van der Waals surface area contributed by atoms with Gasteiger partial charge in [0.05, 0.1) is 24.5 Å². The number of nitrogens with one attached hydrogen (secondary N) is 2. The average molecular weight is 379 g/mol. The zero-order chi connectivity index (χ0) is 19.2. The van der Waals surface area contributed by atoms with Gasteiger partial charge in [-0.25, -0.2) is 9.97 Å². The maximum absolute atomic E-state index is 9.71. The van der Waals surface area contributed by atoms with Crippen LogP contribution < -0.4 is 14.8 Å². The van der Waals surface area contributed by atoms with E-state index in [9.17, 15) is 5.26 Å². The summed E-state index contributed by atoms with van der Waals surface area (Å²) in [6.45, 7) is 4.20. The van der Waals surface area contributed by atoms with Gasteiger partial charge in [-0.05, 0) is 43.2 Å². The maximum atomic E-state index is 9.71. The number of methoxy groups -OCH3 is 1. The highest BCUT2D eigenvalue weighted by Crippen LogP contribution is 2.31. The molecule has 0 fully saturated rings. The van der Waals surface area contributed by atoms with Gasteiger partial charge >= 0.3 is 0 Å². The molecule has 3 rings (SSSR count). The molecule has 0 amide bonds. The minimum atomic E-state index is 0.381. The van der Waals surface area contributed by atoms with Crippen LogP contribution in [0.3, 0.4) is 0 Å². The van der Waals surface area contributed by atoms with Crippen LogP contribution in [0, 0.1) is 18.3 Å². The van der Waals surface area contributed by atoms with E-state index in [0.717, 1.165) is 29.1 Å². The van der Waals surface area contributed by atoms with E-state index in [1.807, 2.05) is 37.3 Å². The first-order valence-corrected chi connectivity index (χ1v) is 9.64. The Labute approximate surface area is 163 Å². The number of hydrogen-bond acceptors (Lipinski definition) is 7. The lowest BCUT2D eigenvalue weighted by atomic mass is 10.1. The van der Waals surface area contributed by atoms with Crippen molar-refractivity contribution in [3.8, 4) is 11.9 Å². The van der Waals surface area contributed by atoms with Gasteiger partial charge in [0.2, 0.25) is 5.88 Å². The predicted molar refractivity (Wildman–Crippen MR) is 112 cm³/mol. The van der Waals surface area contributed by atoms with Crippen LogP contribution >= 0.6 is 11.9 Å². The summed E-state index contributed by atoms with van der Waals surface area (Å²) < 4.78 is 8.53. The number of nitrogens with zero attached hydrogens (tertiary/aromatic N) is 3. The van der Waals surface area contributed by atoms with E-state index >= 15 is 0 Å². The highest BCUT2D eigenvalue weighted by atomic mass is 32.2. The predicted octanol–water partition coefficient (Wildman–Crippen LogP) is 5.03. The number of ether oxygens (including phenoxy) is 1. The molecular weight excluding hydrogens is 358 g/mol. The molecule has 0 aliphatic rings. The molecule has 0 saturated carbocycles. The van der Waals surface area contributed by atoms with Crippen LogP contribution in [0.15, 0.2) is 36.5 Å². The summed E-state index contributed by atoms with van der Waals surface area (Å²) in [6.07, 6.45) is 2.66. The first-order valence-electron chi connectivity index (χ1n) is 8.66. The van der Waals surface area contributed by atoms with Crippen LogP contribution in [0.2, 0.25) is 0 Å². The summed E-state index contributed by atoms with van der Waals surface area (Å²) >= 11 is 1.69. The molecule has 0 bridgehead atoms. The number of rotatable bonds is 7. The Hall–Kier alpha value is -2.98. The highest BCUT2D eigenvalue weighted by molar-refractivity contribution is 8.00. The Kier molecular flexibility index (Phi) is 5.99. The van der Waals surface area contributed by atoms with Crippen molar-refractivity contribution in [2.24, 2.45) is 0 Å². The Bertz CT molecular complexity index is 1000. The van der Waals surface area contributed by atoms with Crippen LogP contribution in [0.4, 0.5) is 17.1 Å². The van der Waals surface area contributed by atoms with Crippen molar-refractivity contribution in [1.29, 1.82) is 5.26 Å². The zero-order valence-corrected chi connectivity index (χ0v) is 16.4. The van der Waals surface area contributed by atoms with E-state index in [1.165, 1.54) is 7.11 Å². The SMILES string of the molecule is CCCSNc1cccc(Nc2ccc3ncc(OC)nc3c2C#N)c1C. The van der Waals surface area contributed by atoms with Gasteiger partial charge in [0.25, 0.3) is 0 Å². The smallest absolute Gasteiger partial charge is 0.232 e. The van der Waals surface area contributed by atoms with Gasteiger partial charge < -0.3 is 14.8 Å². The molecule has 6 nitrogen and oxygen atoms in total. The van der Waals surface area contributed by atoms with Crippen LogP contribution in [-0.2, 0) is 0 Å². The number of hydrogen-bond donors (Lipinski definition) is 2. The standard InChI is InChI=1S/C20H21N5OS/c1-4-10-27-25-16-7-5-6-15(13(16)2)23-17-8-9-18-20(14(17)11-21)24-19(26-3)12-22-18/h5-9,12,23,25H,4,10H2,1-3H3. The molecule has 0 aliphatic carbocycles. The first kappa shape index (κ1) is 18.8. The molecular formula is C20H21N5OS. The van der Waals surface area contributed by atoms with Crippen molar-refractivity contribution in [2.75, 3.05) is 22.9 Å². The molecule has 0 unspecified atom stereocenters. The van der Waals surface area contributed by atoms with E-state index < -0.39 is 0 Å². The second kappa shape index (κ2) is 8.60. The fraction of sp³-hybridized carbons (Fsp3) is 0.250. The van der Waals surface area contributed by atoms with Crippen LogP contribution in [0.5, 0.6) is 5.88 Å². The van der Waals surface area contributed by atoms with Gasteiger partial charge in [0.1, 0.15) is 17.1 Å². The Balaban J connectivity index is 1.97. The largest absolute Gasteiger partial charge is 0.480 e. The third-order valence-electron chi connectivity index (χ3n) is 4.11. The highest BCUT2D eigenvalue weighted by Gasteiger charge is 2.13. The van der Waals surface area contributed by atoms with Gasteiger partial charge in [-0.15, -0.1) is 0 Å². The van der Waals surface area contributed by atoms with Crippen molar-refractivity contribution in [3.63, 3.8) is 0 Å². The third-order valence-corrected chi connectivity index (χ3v) is 5.08. The number of anilines is 3. The Morgan fingerprint density at radius 2 is 2.00 bits per heavy atom. The van der Waals surface area contributed by atoms with Crippen molar-refractivity contribution < 1.29 is 4.74 Å². The van der Waals surface area contributed by atoms with Crippen LogP contribution in [0.1, 0.15) is 24.5 Å². The molecule has 1 aromatic heterocycles. The lowest BCUT2D eigenvalue weighted by molar-refractivity contribution is 0.397. The van der Waals surface area contributed by atoms with Gasteiger partial charge in [0.15, 0.2) is 0 Å². The van der Waals surface area contributed by atoms with E-state index in [2.05, 4.69) is 33.0 Å². The van der Waals surface area contributed by atoms with Crippen molar-refractivity contribution in [1.82, 2.24) is 9.97 Å². The Morgan fingerprint density at radius 1 is 1.19 bits per heavy atom. The molecule has 0 spiro atoms. The maximum Gasteiger partial charge on any atom is 0.232 e. The third kappa shape index (κ3) is 4.07. The second-order valence-electron chi connectivity index (χ2n) is 5.93. The lowest BCUT2D eigenvalue weighted by Gasteiger charge is -2.15. The van der Waals surface area contributed by atoms with Gasteiger partial charge in [-0.3, -0.25) is 0 Å². The minimum Gasteiger partial charge on any atom is -0.480 e. The molecule has 0 saturated heterocycles. The monoisotopic (exact) mass is 379 g/mol. The van der Waals surface area contributed by atoms with Crippen LogP contribution in [0.25, 0.3) is 11.0 Å². The fourth-order valence-electron chi connectivity index (χ4n) is 2.63. The van der Waals surface area contributed by atoms with E-state index in [0.29, 0.717) is 28.2 Å². The van der Waals surface area contributed by atoms with Gasteiger partial charge in [-0.2, -0.15) is 5.26 Å². The normalized spacial score (nSPS) is 10.4. The molecule has 0 radical (unpaired) electrons. The topological polar surface area (TPSA) is 82.9 Å². The Morgan fingerprint density at radius 3 is 2.74 bits per heavy atom. The molecule has 7 heteroatoms. The molecule has 2 N–H and O–H groups in total. The van der Waals surface area contributed by atoms with E-state index in [-0.39, 0.29) is 0 Å². The molecule has 1 heterocycles. The molecule has 0 aliphatic heterocycles. The average Bonchev–Trinajstić information content (AvgIpc) is 2.70. The molecule has 2 aromatic carbocycles. The van der Waals surface area contributed by atoms with Crippen molar-refractivity contribution in [2.45, 2.75) is 20.3 Å². The van der Waals surface area contributed by atoms with Crippen LogP contribution in [-0.4, -0.2) is 22.8 Å². The zero-order valence-electron chi connectivity index (χ0n) is 15.5. The van der Waals surface area contributed by atoms with Gasteiger partial charge in [0, 0.05) is 17.1 Å². The number of fused-ring (bicyclic) bond motifs is 1.